The molecule has 0 saturated carbocycles. The molecule has 2 rings (SSSR count). The Morgan fingerprint density at radius 2 is 1.47 bits per heavy atom. The first-order valence-corrected chi connectivity index (χ1v) is 5.33. The van der Waals surface area contributed by atoms with Crippen LogP contribution < -0.4 is 0 Å². The zero-order valence-corrected chi connectivity index (χ0v) is 9.39. The lowest BCUT2D eigenvalue weighted by Crippen LogP contribution is -2.32. The van der Waals surface area contributed by atoms with Gasteiger partial charge in [0.05, 0.1) is 6.10 Å². The smallest absolute Gasteiger partial charge is 0.260 e. The summed E-state index contributed by atoms with van der Waals surface area (Å²) in [5.41, 5.74) is -1.49. The van der Waals surface area contributed by atoms with E-state index in [0.717, 1.165) is 4.90 Å². The first-order chi connectivity index (χ1) is 8.84. The minimum Gasteiger partial charge on any atom is -0.391 e. The second kappa shape index (κ2) is 4.76. The normalized spacial score (nSPS) is 19.1. The van der Waals surface area contributed by atoms with E-state index in [2.05, 4.69) is 0 Å². The predicted octanol–water partition coefficient (Wildman–Crippen LogP) is 1.59. The summed E-state index contributed by atoms with van der Waals surface area (Å²) >= 11 is 0. The van der Waals surface area contributed by atoms with Crippen LogP contribution in [0.4, 0.5) is 22.0 Å². The van der Waals surface area contributed by atoms with E-state index in [-0.39, 0.29) is 19.5 Å². The SMILES string of the molecule is O=C(c1c(F)c(F)c(F)c(F)c1F)N1CCC(O)C1. The van der Waals surface area contributed by atoms with Crippen LogP contribution in [0.3, 0.4) is 0 Å². The molecular formula is C11H8F5NO2. The maximum Gasteiger partial charge on any atom is 0.260 e. The van der Waals surface area contributed by atoms with Crippen LogP contribution in [0.1, 0.15) is 16.8 Å². The fourth-order valence-electron chi connectivity index (χ4n) is 1.88. The van der Waals surface area contributed by atoms with Crippen LogP contribution in [-0.2, 0) is 0 Å². The Hall–Kier alpha value is -1.70. The maximum absolute atomic E-state index is 13.4. The summed E-state index contributed by atoms with van der Waals surface area (Å²) in [6.45, 7) is -0.224. The number of carbonyl (C=O) groups excluding carboxylic acids is 1. The van der Waals surface area contributed by atoms with Crippen molar-refractivity contribution in [2.24, 2.45) is 0 Å². The molecule has 1 N–H and O–H groups in total. The quantitative estimate of drug-likeness (QED) is 0.482. The van der Waals surface area contributed by atoms with Crippen molar-refractivity contribution in [3.8, 4) is 0 Å². The number of nitrogens with zero attached hydrogens (tertiary/aromatic N) is 1. The molecule has 3 nitrogen and oxygen atoms in total. The molecule has 0 bridgehead atoms. The Balaban J connectivity index is 2.48. The summed E-state index contributed by atoms with van der Waals surface area (Å²) in [6, 6.07) is 0. The van der Waals surface area contributed by atoms with Crippen molar-refractivity contribution in [1.82, 2.24) is 4.90 Å². The Morgan fingerprint density at radius 1 is 1.00 bits per heavy atom. The van der Waals surface area contributed by atoms with Gasteiger partial charge in [-0.2, -0.15) is 0 Å². The van der Waals surface area contributed by atoms with Crippen LogP contribution in [0.25, 0.3) is 0 Å². The third-order valence-electron chi connectivity index (χ3n) is 2.87. The standard InChI is InChI=1S/C11H8F5NO2/c12-6-5(7(13)9(15)10(16)8(6)14)11(19)17-2-1-4(18)3-17/h4,18H,1-3H2. The van der Waals surface area contributed by atoms with Crippen molar-refractivity contribution in [3.63, 3.8) is 0 Å². The topological polar surface area (TPSA) is 40.5 Å². The first kappa shape index (κ1) is 13.7. The summed E-state index contributed by atoms with van der Waals surface area (Å²) in [6.07, 6.45) is -0.688. The van der Waals surface area contributed by atoms with Gasteiger partial charge in [0.15, 0.2) is 23.3 Å². The van der Waals surface area contributed by atoms with Crippen LogP contribution in [0.5, 0.6) is 0 Å². The van der Waals surface area contributed by atoms with Crippen molar-refractivity contribution in [2.45, 2.75) is 12.5 Å². The molecule has 1 heterocycles. The van der Waals surface area contributed by atoms with Crippen LogP contribution >= 0.6 is 0 Å². The third kappa shape index (κ3) is 2.16. The molecule has 1 saturated heterocycles. The summed E-state index contributed by atoms with van der Waals surface area (Å²) in [7, 11) is 0. The fourth-order valence-corrected chi connectivity index (χ4v) is 1.88. The second-order valence-corrected chi connectivity index (χ2v) is 4.14. The highest BCUT2D eigenvalue weighted by atomic mass is 19.2. The number of β-amino-alcohol motifs (C(OH)–C–C–N with tert-alkyl or cyclic N) is 1. The van der Waals surface area contributed by atoms with Gasteiger partial charge in [-0.25, -0.2) is 22.0 Å². The van der Waals surface area contributed by atoms with Crippen LogP contribution in [0.15, 0.2) is 0 Å². The maximum atomic E-state index is 13.4. The van der Waals surface area contributed by atoms with E-state index in [0.29, 0.717) is 0 Å². The van der Waals surface area contributed by atoms with Gasteiger partial charge >= 0.3 is 0 Å². The van der Waals surface area contributed by atoms with Crippen molar-refractivity contribution in [2.75, 3.05) is 13.1 Å². The minimum atomic E-state index is -2.31. The summed E-state index contributed by atoms with van der Waals surface area (Å²) in [4.78, 5) is 12.6. The zero-order valence-electron chi connectivity index (χ0n) is 9.39. The summed E-state index contributed by atoms with van der Waals surface area (Å²) in [5.74, 6) is -12.3. The van der Waals surface area contributed by atoms with Gasteiger partial charge in [0.1, 0.15) is 5.56 Å². The number of carbonyl (C=O) groups is 1. The molecule has 1 aromatic rings. The van der Waals surface area contributed by atoms with Gasteiger partial charge in [0.2, 0.25) is 5.82 Å². The van der Waals surface area contributed by atoms with E-state index in [1.54, 1.807) is 0 Å². The number of hydrogen-bond acceptors (Lipinski definition) is 2. The van der Waals surface area contributed by atoms with Gasteiger partial charge < -0.3 is 10.0 Å². The highest BCUT2D eigenvalue weighted by molar-refractivity contribution is 5.95. The van der Waals surface area contributed by atoms with Gasteiger partial charge in [0.25, 0.3) is 5.91 Å². The number of aliphatic hydroxyl groups excluding tert-OH is 1. The molecule has 0 aromatic heterocycles. The molecule has 0 aliphatic carbocycles. The average molecular weight is 281 g/mol. The lowest BCUT2D eigenvalue weighted by Gasteiger charge is -2.16. The molecule has 0 radical (unpaired) electrons. The van der Waals surface area contributed by atoms with Gasteiger partial charge in [-0.1, -0.05) is 0 Å². The average Bonchev–Trinajstić information content (AvgIpc) is 2.81. The van der Waals surface area contributed by atoms with Gasteiger partial charge in [0, 0.05) is 13.1 Å². The Kier molecular flexibility index (Phi) is 3.44. The molecule has 104 valence electrons. The van der Waals surface area contributed by atoms with Crippen LogP contribution in [0, 0.1) is 29.1 Å². The van der Waals surface area contributed by atoms with Crippen molar-refractivity contribution < 1.29 is 31.9 Å². The second-order valence-electron chi connectivity index (χ2n) is 4.14. The number of amides is 1. The van der Waals surface area contributed by atoms with E-state index < -0.39 is 46.7 Å². The molecule has 1 aliphatic rings. The number of rotatable bonds is 1. The van der Waals surface area contributed by atoms with Gasteiger partial charge in [-0.05, 0) is 6.42 Å². The molecular weight excluding hydrogens is 273 g/mol. The minimum absolute atomic E-state index is 0.0144. The molecule has 1 fully saturated rings. The lowest BCUT2D eigenvalue weighted by atomic mass is 10.1. The molecule has 1 atom stereocenters. The number of aliphatic hydroxyl groups is 1. The van der Waals surface area contributed by atoms with Crippen molar-refractivity contribution in [1.29, 1.82) is 0 Å². The first-order valence-electron chi connectivity index (χ1n) is 5.33. The van der Waals surface area contributed by atoms with Gasteiger partial charge in [-0.15, -0.1) is 0 Å². The monoisotopic (exact) mass is 281 g/mol. The largest absolute Gasteiger partial charge is 0.391 e. The Bertz CT molecular complexity index is 519. The summed E-state index contributed by atoms with van der Waals surface area (Å²) in [5, 5.41) is 9.20. The Labute approximate surface area is 104 Å². The van der Waals surface area contributed by atoms with E-state index in [1.165, 1.54) is 0 Å². The van der Waals surface area contributed by atoms with Crippen molar-refractivity contribution >= 4 is 5.91 Å². The third-order valence-corrected chi connectivity index (χ3v) is 2.87. The molecule has 1 aliphatic heterocycles. The predicted molar refractivity (Wildman–Crippen MR) is 52.8 cm³/mol. The lowest BCUT2D eigenvalue weighted by molar-refractivity contribution is 0.0752. The van der Waals surface area contributed by atoms with E-state index >= 15 is 0 Å². The number of benzene rings is 1. The molecule has 8 heteroatoms. The molecule has 1 aromatic carbocycles. The van der Waals surface area contributed by atoms with Gasteiger partial charge in [-0.3, -0.25) is 4.79 Å². The zero-order chi connectivity index (χ0) is 14.3. The molecule has 1 unspecified atom stereocenters. The molecule has 1 amide bonds. The highest BCUT2D eigenvalue weighted by Crippen LogP contribution is 2.25. The fraction of sp³-hybridized carbons (Fsp3) is 0.364. The van der Waals surface area contributed by atoms with E-state index in [4.69, 9.17) is 0 Å². The summed E-state index contributed by atoms with van der Waals surface area (Å²) < 4.78 is 65.4. The number of halogens is 5. The number of hydrogen-bond donors (Lipinski definition) is 1. The van der Waals surface area contributed by atoms with E-state index in [1.807, 2.05) is 0 Å². The van der Waals surface area contributed by atoms with Crippen LogP contribution in [0.2, 0.25) is 0 Å². The van der Waals surface area contributed by atoms with Crippen LogP contribution in [-0.4, -0.2) is 35.1 Å². The Morgan fingerprint density at radius 3 is 1.89 bits per heavy atom. The number of likely N-dealkylation sites (tertiary alicyclic amines) is 1. The highest BCUT2D eigenvalue weighted by Gasteiger charge is 2.34. The van der Waals surface area contributed by atoms with Crippen molar-refractivity contribution in [3.05, 3.63) is 34.6 Å². The molecule has 0 spiro atoms. The molecule has 19 heavy (non-hydrogen) atoms. The van der Waals surface area contributed by atoms with E-state index in [9.17, 15) is 31.9 Å².